The minimum Gasteiger partial charge on any atom is -0.480 e. The molecule has 1 aromatic heterocycles. The molecule has 0 bridgehead atoms. The molecule has 0 aliphatic rings. The Kier molecular flexibility index (Phi) is 12.5. The van der Waals surface area contributed by atoms with E-state index in [1.54, 1.807) is 20.0 Å². The topological polar surface area (TPSA) is 251 Å². The fraction of sp³-hybridized carbons (Fsp3) is 0.519. The van der Waals surface area contributed by atoms with E-state index in [-0.39, 0.29) is 25.3 Å². The normalized spacial score (nSPS) is 15.5. The molecule has 12 N–H and O–H groups in total. The number of para-hydroxylation sites is 1. The number of aliphatic carboxylic acids is 1. The number of hydrogen-bond donors (Lipinski definition) is 9. The lowest BCUT2D eigenvalue weighted by Gasteiger charge is -2.27. The highest BCUT2D eigenvalue weighted by atomic mass is 16.4. The number of aliphatic hydroxyl groups is 1. The van der Waals surface area contributed by atoms with Gasteiger partial charge in [0.05, 0.1) is 12.1 Å². The number of amides is 3. The minimum absolute atomic E-state index is 0.0902. The number of nitrogens with two attached hydrogens (primary N) is 3. The first-order valence-electron chi connectivity index (χ1n) is 13.5. The van der Waals surface area contributed by atoms with Crippen LogP contribution in [0.5, 0.6) is 0 Å². The van der Waals surface area contributed by atoms with Crippen molar-refractivity contribution in [3.05, 3.63) is 36.0 Å². The van der Waals surface area contributed by atoms with Crippen molar-refractivity contribution in [2.75, 3.05) is 6.54 Å². The number of carboxylic acid groups (broad SMARTS) is 1. The van der Waals surface area contributed by atoms with Crippen LogP contribution in [0.25, 0.3) is 10.9 Å². The van der Waals surface area contributed by atoms with Crippen LogP contribution < -0.4 is 33.2 Å². The van der Waals surface area contributed by atoms with Gasteiger partial charge in [0, 0.05) is 23.6 Å². The Bertz CT molecular complexity index is 1230. The van der Waals surface area contributed by atoms with Crippen molar-refractivity contribution in [3.8, 4) is 0 Å². The van der Waals surface area contributed by atoms with Gasteiger partial charge < -0.3 is 48.3 Å². The fourth-order valence-electron chi connectivity index (χ4n) is 4.27. The van der Waals surface area contributed by atoms with E-state index in [1.165, 1.54) is 6.92 Å². The number of carbonyl (C=O) groups is 4. The number of carbonyl (C=O) groups excluding carboxylic acids is 3. The highest BCUT2D eigenvalue weighted by molar-refractivity contribution is 5.94. The smallest absolute Gasteiger partial charge is 0.326 e. The maximum atomic E-state index is 13.3. The zero-order valence-corrected chi connectivity index (χ0v) is 23.6. The monoisotopic (exact) mass is 574 g/mol. The fourth-order valence-corrected chi connectivity index (χ4v) is 4.27. The van der Waals surface area contributed by atoms with Crippen LogP contribution >= 0.6 is 0 Å². The molecule has 1 heterocycles. The van der Waals surface area contributed by atoms with Crippen LogP contribution in [-0.2, 0) is 25.6 Å². The lowest BCUT2D eigenvalue weighted by molar-refractivity contribution is -0.144. The first-order valence-corrected chi connectivity index (χ1v) is 13.5. The maximum Gasteiger partial charge on any atom is 0.326 e. The standard InChI is InChI=1S/C27H42N8O6/c1-4-14(2)21(26(40)41)34-25(39)22(15(3)36)35-24(38)20(10-7-11-31-27(29)30)33-23(37)18(28)12-16-13-32-19-9-6-5-8-17(16)19/h5-6,8-9,13-15,18,20-22,32,36H,4,7,10-12,28H2,1-3H3,(H,33,37)(H,34,39)(H,35,38)(H,40,41)(H4,29,30,31). The molecular weight excluding hydrogens is 532 g/mol. The lowest BCUT2D eigenvalue weighted by Crippen LogP contribution is -2.60. The van der Waals surface area contributed by atoms with Gasteiger partial charge >= 0.3 is 5.97 Å². The molecule has 2 rings (SSSR count). The predicted molar refractivity (Wildman–Crippen MR) is 154 cm³/mol. The molecule has 41 heavy (non-hydrogen) atoms. The van der Waals surface area contributed by atoms with E-state index in [1.807, 2.05) is 24.3 Å². The second-order valence-corrected chi connectivity index (χ2v) is 10.1. The average molecular weight is 575 g/mol. The Morgan fingerprint density at radius 2 is 1.66 bits per heavy atom. The van der Waals surface area contributed by atoms with Gasteiger partial charge in [0.25, 0.3) is 0 Å². The van der Waals surface area contributed by atoms with Gasteiger partial charge in [-0.3, -0.25) is 19.4 Å². The third-order valence-corrected chi connectivity index (χ3v) is 6.87. The highest BCUT2D eigenvalue weighted by Crippen LogP contribution is 2.19. The van der Waals surface area contributed by atoms with Crippen LogP contribution in [0.3, 0.4) is 0 Å². The summed E-state index contributed by atoms with van der Waals surface area (Å²) in [6.45, 7) is 4.90. The summed E-state index contributed by atoms with van der Waals surface area (Å²) in [5.41, 5.74) is 18.6. The third kappa shape index (κ3) is 9.76. The zero-order valence-electron chi connectivity index (χ0n) is 23.6. The number of aromatic amines is 1. The van der Waals surface area contributed by atoms with Crippen LogP contribution in [0.15, 0.2) is 35.5 Å². The molecule has 0 fully saturated rings. The summed E-state index contributed by atoms with van der Waals surface area (Å²) in [4.78, 5) is 57.9. The summed E-state index contributed by atoms with van der Waals surface area (Å²) < 4.78 is 0. The van der Waals surface area contributed by atoms with E-state index in [0.29, 0.717) is 12.8 Å². The number of carboxylic acids is 1. The van der Waals surface area contributed by atoms with Crippen molar-refractivity contribution in [1.29, 1.82) is 0 Å². The molecule has 6 unspecified atom stereocenters. The number of benzene rings is 1. The summed E-state index contributed by atoms with van der Waals surface area (Å²) in [7, 11) is 0. The number of H-pyrrole nitrogens is 1. The number of nitrogens with one attached hydrogen (secondary N) is 4. The summed E-state index contributed by atoms with van der Waals surface area (Å²) in [6, 6.07) is 2.72. The molecule has 3 amide bonds. The highest BCUT2D eigenvalue weighted by Gasteiger charge is 2.34. The molecule has 0 radical (unpaired) electrons. The molecule has 14 nitrogen and oxygen atoms in total. The third-order valence-electron chi connectivity index (χ3n) is 6.87. The van der Waals surface area contributed by atoms with E-state index in [0.717, 1.165) is 16.5 Å². The molecule has 14 heteroatoms. The maximum absolute atomic E-state index is 13.3. The van der Waals surface area contributed by atoms with Crippen molar-refractivity contribution in [3.63, 3.8) is 0 Å². The SMILES string of the molecule is CCC(C)C(NC(=O)C(NC(=O)C(CCCN=C(N)N)NC(=O)C(N)Cc1c[nH]c2ccccc12)C(C)O)C(=O)O. The molecule has 0 saturated heterocycles. The van der Waals surface area contributed by atoms with Crippen LogP contribution in [-0.4, -0.2) is 81.7 Å². The van der Waals surface area contributed by atoms with Crippen molar-refractivity contribution >= 4 is 40.6 Å². The van der Waals surface area contributed by atoms with E-state index in [2.05, 4.69) is 25.9 Å². The van der Waals surface area contributed by atoms with Crippen molar-refractivity contribution < 1.29 is 29.4 Å². The summed E-state index contributed by atoms with van der Waals surface area (Å²) in [5, 5.41) is 28.2. The second kappa shape index (κ2) is 15.6. The van der Waals surface area contributed by atoms with Gasteiger partial charge in [0.15, 0.2) is 5.96 Å². The number of fused-ring (bicyclic) bond motifs is 1. The van der Waals surface area contributed by atoms with Gasteiger partial charge in [0.2, 0.25) is 17.7 Å². The van der Waals surface area contributed by atoms with Gasteiger partial charge in [-0.05, 0) is 43.7 Å². The zero-order chi connectivity index (χ0) is 30.7. The van der Waals surface area contributed by atoms with Gasteiger partial charge in [-0.15, -0.1) is 0 Å². The van der Waals surface area contributed by atoms with Crippen molar-refractivity contribution in [2.24, 2.45) is 28.1 Å². The molecule has 226 valence electrons. The number of nitrogens with zero attached hydrogens (tertiary/aromatic N) is 1. The van der Waals surface area contributed by atoms with E-state index in [9.17, 15) is 29.4 Å². The Morgan fingerprint density at radius 3 is 2.27 bits per heavy atom. The molecular formula is C27H42N8O6. The molecule has 2 aromatic rings. The largest absolute Gasteiger partial charge is 0.480 e. The van der Waals surface area contributed by atoms with Crippen molar-refractivity contribution in [1.82, 2.24) is 20.9 Å². The van der Waals surface area contributed by atoms with Crippen LogP contribution in [0.2, 0.25) is 0 Å². The number of aliphatic imine (C=N–C) groups is 1. The number of aromatic nitrogens is 1. The molecule has 1 aromatic carbocycles. The second-order valence-electron chi connectivity index (χ2n) is 10.1. The summed E-state index contributed by atoms with van der Waals surface area (Å²) in [6.07, 6.45) is 1.47. The quantitative estimate of drug-likeness (QED) is 0.0680. The molecule has 0 spiro atoms. The van der Waals surface area contributed by atoms with Crippen LogP contribution in [0.4, 0.5) is 0 Å². The first-order chi connectivity index (χ1) is 19.3. The molecule has 0 aliphatic carbocycles. The number of guanidine groups is 1. The number of aliphatic hydroxyl groups excluding tert-OH is 1. The first kappa shape index (κ1) is 33.0. The minimum atomic E-state index is -1.48. The summed E-state index contributed by atoms with van der Waals surface area (Å²) >= 11 is 0. The van der Waals surface area contributed by atoms with Gasteiger partial charge in [-0.25, -0.2) is 4.79 Å². The number of hydrogen-bond acceptors (Lipinski definition) is 7. The molecule has 0 aliphatic heterocycles. The molecule has 6 atom stereocenters. The van der Waals surface area contributed by atoms with Gasteiger partial charge in [0.1, 0.15) is 18.1 Å². The predicted octanol–water partition coefficient (Wildman–Crippen LogP) is -0.943. The lowest BCUT2D eigenvalue weighted by atomic mass is 9.98. The Labute approximate surface area is 238 Å². The van der Waals surface area contributed by atoms with Crippen LogP contribution in [0, 0.1) is 5.92 Å². The van der Waals surface area contributed by atoms with Gasteiger partial charge in [-0.2, -0.15) is 0 Å². The van der Waals surface area contributed by atoms with E-state index < -0.39 is 59.9 Å². The Hall–Kier alpha value is -4.17. The molecule has 0 saturated carbocycles. The van der Waals surface area contributed by atoms with E-state index in [4.69, 9.17) is 17.2 Å². The van der Waals surface area contributed by atoms with E-state index >= 15 is 0 Å². The van der Waals surface area contributed by atoms with Gasteiger partial charge in [-0.1, -0.05) is 38.5 Å². The average Bonchev–Trinajstić information content (AvgIpc) is 3.33. The summed E-state index contributed by atoms with van der Waals surface area (Å²) in [5.74, 6) is -4.00. The Morgan fingerprint density at radius 1 is 1.00 bits per heavy atom. The Balaban J connectivity index is 2.17. The van der Waals surface area contributed by atoms with Crippen molar-refractivity contribution in [2.45, 2.75) is 76.7 Å². The van der Waals surface area contributed by atoms with Crippen LogP contribution in [0.1, 0.15) is 45.6 Å². The number of rotatable bonds is 16.